The summed E-state index contributed by atoms with van der Waals surface area (Å²) in [6.45, 7) is 10.0. The molecule has 164 valence electrons. The maximum absolute atomic E-state index is 15.3. The Bertz CT molecular complexity index is 853. The van der Waals surface area contributed by atoms with Crippen LogP contribution in [-0.4, -0.2) is 72.4 Å². The number of benzene rings is 1. The van der Waals surface area contributed by atoms with Crippen molar-refractivity contribution in [3.8, 4) is 0 Å². The van der Waals surface area contributed by atoms with Crippen LogP contribution in [0.3, 0.4) is 0 Å². The number of ether oxygens (including phenoxy) is 3. The number of halogens is 1. The molecule has 3 atom stereocenters. The maximum atomic E-state index is 15.3. The second-order valence-corrected chi connectivity index (χ2v) is 9.31. The monoisotopic (exact) mass is 420 g/mol. The predicted octanol–water partition coefficient (Wildman–Crippen LogP) is 2.92. The molecule has 0 aromatic heterocycles. The Labute approximate surface area is 176 Å². The van der Waals surface area contributed by atoms with E-state index in [0.29, 0.717) is 55.9 Å². The van der Waals surface area contributed by atoms with Crippen LogP contribution in [-0.2, 0) is 20.6 Å². The highest BCUT2D eigenvalue weighted by Gasteiger charge is 2.38. The zero-order chi connectivity index (χ0) is 21.6. The van der Waals surface area contributed by atoms with Crippen LogP contribution in [0.1, 0.15) is 55.3 Å². The summed E-state index contributed by atoms with van der Waals surface area (Å²) in [6.07, 6.45) is -0.698. The highest BCUT2D eigenvalue weighted by molar-refractivity contribution is 5.92. The van der Waals surface area contributed by atoms with Gasteiger partial charge < -0.3 is 19.1 Å². The molecule has 2 fully saturated rings. The molecule has 1 amide bonds. The van der Waals surface area contributed by atoms with Gasteiger partial charge in [0, 0.05) is 43.7 Å². The second kappa shape index (κ2) is 7.81. The zero-order valence-corrected chi connectivity index (χ0v) is 17.9. The van der Waals surface area contributed by atoms with Crippen LogP contribution < -0.4 is 0 Å². The fraction of sp³-hybridized carbons (Fsp3) is 0.636. The summed E-state index contributed by atoms with van der Waals surface area (Å²) in [5.74, 6) is -0.844. The number of rotatable bonds is 1. The first-order chi connectivity index (χ1) is 14.1. The molecule has 3 aliphatic rings. The number of piperazine rings is 1. The van der Waals surface area contributed by atoms with Crippen molar-refractivity contribution in [1.82, 2.24) is 9.80 Å². The molecule has 0 bridgehead atoms. The lowest BCUT2D eigenvalue weighted by Crippen LogP contribution is -2.60. The Kier molecular flexibility index (Phi) is 5.48. The summed E-state index contributed by atoms with van der Waals surface area (Å²) in [6, 6.07) is 3.32. The van der Waals surface area contributed by atoms with E-state index in [9.17, 15) is 9.59 Å². The van der Waals surface area contributed by atoms with Gasteiger partial charge in [-0.2, -0.15) is 0 Å². The molecule has 7 nitrogen and oxygen atoms in total. The number of esters is 1. The fourth-order valence-corrected chi connectivity index (χ4v) is 4.32. The molecular formula is C22H29FN2O5. The van der Waals surface area contributed by atoms with Gasteiger partial charge in [-0.05, 0) is 33.8 Å². The third-order valence-corrected chi connectivity index (χ3v) is 5.79. The smallest absolute Gasteiger partial charge is 0.410 e. The number of fused-ring (bicyclic) bond motifs is 2. The van der Waals surface area contributed by atoms with Crippen molar-refractivity contribution in [2.75, 3.05) is 32.8 Å². The molecule has 0 radical (unpaired) electrons. The number of nitrogens with zero attached hydrogens (tertiary/aromatic N) is 2. The van der Waals surface area contributed by atoms with Gasteiger partial charge in [0.25, 0.3) is 0 Å². The Morgan fingerprint density at radius 1 is 1.23 bits per heavy atom. The average molecular weight is 420 g/mol. The summed E-state index contributed by atoms with van der Waals surface area (Å²) in [7, 11) is 0. The number of hydrogen-bond acceptors (Lipinski definition) is 6. The van der Waals surface area contributed by atoms with E-state index in [1.54, 1.807) is 24.0 Å². The fourth-order valence-electron chi connectivity index (χ4n) is 4.32. The minimum Gasteiger partial charge on any atom is -0.459 e. The number of amides is 1. The first kappa shape index (κ1) is 21.1. The molecule has 3 heterocycles. The minimum atomic E-state index is -0.531. The second-order valence-electron chi connectivity index (χ2n) is 9.31. The number of carbonyl (C=O) groups excluding carboxylic acids is 2. The van der Waals surface area contributed by atoms with Gasteiger partial charge in [-0.25, -0.2) is 14.0 Å². The van der Waals surface area contributed by atoms with E-state index in [2.05, 4.69) is 4.90 Å². The molecule has 0 saturated carbocycles. The van der Waals surface area contributed by atoms with Gasteiger partial charge in [-0.1, -0.05) is 6.07 Å². The van der Waals surface area contributed by atoms with Crippen LogP contribution >= 0.6 is 0 Å². The minimum absolute atomic E-state index is 0.0539. The van der Waals surface area contributed by atoms with Gasteiger partial charge in [0.1, 0.15) is 17.5 Å². The van der Waals surface area contributed by atoms with Crippen LogP contribution in [0.2, 0.25) is 0 Å². The number of morpholine rings is 1. The van der Waals surface area contributed by atoms with Crippen molar-refractivity contribution in [3.05, 3.63) is 34.6 Å². The molecule has 0 unspecified atom stereocenters. The molecular weight excluding hydrogens is 391 g/mol. The van der Waals surface area contributed by atoms with E-state index in [1.165, 1.54) is 0 Å². The van der Waals surface area contributed by atoms with Crippen LogP contribution in [0.4, 0.5) is 9.18 Å². The molecule has 1 aromatic carbocycles. The highest BCUT2D eigenvalue weighted by Crippen LogP contribution is 2.33. The molecule has 0 aliphatic carbocycles. The maximum Gasteiger partial charge on any atom is 0.410 e. The summed E-state index contributed by atoms with van der Waals surface area (Å²) in [4.78, 5) is 28.3. The highest BCUT2D eigenvalue weighted by atomic mass is 19.1. The third-order valence-electron chi connectivity index (χ3n) is 5.79. The molecule has 4 rings (SSSR count). The van der Waals surface area contributed by atoms with Crippen molar-refractivity contribution in [3.63, 3.8) is 0 Å². The summed E-state index contributed by atoms with van der Waals surface area (Å²) in [5.41, 5.74) is 0.658. The predicted molar refractivity (Wildman–Crippen MR) is 107 cm³/mol. The number of cyclic esters (lactones) is 1. The van der Waals surface area contributed by atoms with Crippen LogP contribution in [0, 0.1) is 5.82 Å². The standard InChI is InChI=1S/C22H29FN2O5/c1-13-9-17-15(20(26)29-13)5-6-16(19(17)23)18-11-24-7-8-25(10-14(24)12-28-18)21(27)30-22(2,3)4/h5-6,13-14,18H,7-12H2,1-4H3/t13-,14+,18-/m0/s1. The lowest BCUT2D eigenvalue weighted by atomic mass is 9.93. The SMILES string of the molecule is C[C@H]1Cc2c(ccc([C@@H]3CN4CCN(C(=O)OC(C)(C)C)C[C@@H]4CO3)c2F)C(=O)O1. The Balaban J connectivity index is 1.44. The first-order valence-corrected chi connectivity index (χ1v) is 10.5. The lowest BCUT2D eigenvalue weighted by molar-refractivity contribution is -0.0916. The van der Waals surface area contributed by atoms with E-state index >= 15 is 4.39 Å². The summed E-state index contributed by atoms with van der Waals surface area (Å²) >= 11 is 0. The van der Waals surface area contributed by atoms with Crippen molar-refractivity contribution < 1.29 is 28.2 Å². The first-order valence-electron chi connectivity index (χ1n) is 10.5. The largest absolute Gasteiger partial charge is 0.459 e. The Morgan fingerprint density at radius 3 is 2.73 bits per heavy atom. The van der Waals surface area contributed by atoms with Crippen LogP contribution in [0.5, 0.6) is 0 Å². The van der Waals surface area contributed by atoms with E-state index in [0.717, 1.165) is 0 Å². The summed E-state index contributed by atoms with van der Waals surface area (Å²) < 4.78 is 31.9. The molecule has 1 aromatic rings. The van der Waals surface area contributed by atoms with Crippen molar-refractivity contribution in [2.24, 2.45) is 0 Å². The normalized spacial score (nSPS) is 27.2. The van der Waals surface area contributed by atoms with Crippen molar-refractivity contribution in [2.45, 2.75) is 58.0 Å². The van der Waals surface area contributed by atoms with Crippen LogP contribution in [0.15, 0.2) is 12.1 Å². The topological polar surface area (TPSA) is 68.3 Å². The molecule has 30 heavy (non-hydrogen) atoms. The van der Waals surface area contributed by atoms with Gasteiger partial charge in [-0.15, -0.1) is 0 Å². The van der Waals surface area contributed by atoms with Gasteiger partial charge in [-0.3, -0.25) is 4.90 Å². The van der Waals surface area contributed by atoms with Gasteiger partial charge in [0.05, 0.1) is 24.3 Å². The van der Waals surface area contributed by atoms with E-state index in [1.807, 2.05) is 20.8 Å². The Morgan fingerprint density at radius 2 is 2.00 bits per heavy atom. The molecule has 2 saturated heterocycles. The number of hydrogen-bond donors (Lipinski definition) is 0. The average Bonchev–Trinajstić information content (AvgIpc) is 2.66. The van der Waals surface area contributed by atoms with E-state index < -0.39 is 17.7 Å². The molecule has 0 spiro atoms. The molecule has 3 aliphatic heterocycles. The van der Waals surface area contributed by atoms with E-state index in [4.69, 9.17) is 14.2 Å². The van der Waals surface area contributed by atoms with Gasteiger partial charge >= 0.3 is 12.1 Å². The summed E-state index contributed by atoms with van der Waals surface area (Å²) in [5, 5.41) is 0. The third kappa shape index (κ3) is 4.16. The lowest BCUT2D eigenvalue weighted by Gasteiger charge is -2.46. The quantitative estimate of drug-likeness (QED) is 0.651. The van der Waals surface area contributed by atoms with Crippen LogP contribution in [0.25, 0.3) is 0 Å². The van der Waals surface area contributed by atoms with Crippen molar-refractivity contribution in [1.29, 1.82) is 0 Å². The van der Waals surface area contributed by atoms with Gasteiger partial charge in [0.15, 0.2) is 0 Å². The van der Waals surface area contributed by atoms with Gasteiger partial charge in [0.2, 0.25) is 0 Å². The number of carbonyl (C=O) groups is 2. The molecule has 0 N–H and O–H groups in total. The zero-order valence-electron chi connectivity index (χ0n) is 17.9. The Hall–Kier alpha value is -2.19. The van der Waals surface area contributed by atoms with E-state index in [-0.39, 0.29) is 24.1 Å². The van der Waals surface area contributed by atoms with Crippen molar-refractivity contribution >= 4 is 12.1 Å². The molecule has 8 heteroatoms.